The van der Waals surface area contributed by atoms with Gasteiger partial charge in [-0.15, -0.1) is 0 Å². The molecule has 7 heteroatoms. The predicted molar refractivity (Wildman–Crippen MR) is 78.6 cm³/mol. The van der Waals surface area contributed by atoms with Crippen molar-refractivity contribution in [2.45, 2.75) is 26.3 Å². The van der Waals surface area contributed by atoms with Crippen LogP contribution in [-0.4, -0.2) is 70.2 Å². The molecule has 2 N–H and O–H groups in total. The van der Waals surface area contributed by atoms with Gasteiger partial charge in [-0.25, -0.2) is 4.98 Å². The van der Waals surface area contributed by atoms with Crippen LogP contribution in [0.3, 0.4) is 0 Å². The second-order valence-corrected chi connectivity index (χ2v) is 5.96. The number of aromatic amines is 1. The molecule has 3 heterocycles. The van der Waals surface area contributed by atoms with Gasteiger partial charge in [-0.05, 0) is 32.9 Å². The highest BCUT2D eigenvalue weighted by Gasteiger charge is 2.28. The van der Waals surface area contributed by atoms with Crippen LogP contribution in [0.1, 0.15) is 24.5 Å². The summed E-state index contributed by atoms with van der Waals surface area (Å²) in [6, 6.07) is 0. The van der Waals surface area contributed by atoms with Gasteiger partial charge in [0.15, 0.2) is 5.82 Å². The first-order valence-electron chi connectivity index (χ1n) is 7.82. The molecule has 0 spiro atoms. The number of aromatic nitrogens is 3. The first kappa shape index (κ1) is 14.5. The average Bonchev–Trinajstić information content (AvgIpc) is 2.93. The molecular formula is C14H24N6O. The largest absolute Gasteiger partial charge is 0.340 e. The van der Waals surface area contributed by atoms with Gasteiger partial charge in [0.2, 0.25) is 5.91 Å². The van der Waals surface area contributed by atoms with Crippen molar-refractivity contribution in [2.75, 3.05) is 39.3 Å². The van der Waals surface area contributed by atoms with Crippen LogP contribution in [0.5, 0.6) is 0 Å². The second kappa shape index (κ2) is 6.53. The monoisotopic (exact) mass is 292 g/mol. The molecule has 0 aliphatic carbocycles. The zero-order chi connectivity index (χ0) is 14.7. The first-order chi connectivity index (χ1) is 10.2. The predicted octanol–water partition coefficient (Wildman–Crippen LogP) is -0.243. The molecule has 116 valence electrons. The van der Waals surface area contributed by atoms with Gasteiger partial charge in [0.05, 0.1) is 6.54 Å². The number of carbonyl (C=O) groups excluding carboxylic acids is 1. The number of piperazine rings is 1. The second-order valence-electron chi connectivity index (χ2n) is 5.96. The lowest BCUT2D eigenvalue weighted by atomic mass is 9.96. The minimum atomic E-state index is 0.230. The zero-order valence-corrected chi connectivity index (χ0v) is 12.6. The summed E-state index contributed by atoms with van der Waals surface area (Å²) in [6.45, 7) is 8.08. The Labute approximate surface area is 125 Å². The summed E-state index contributed by atoms with van der Waals surface area (Å²) in [7, 11) is 0. The number of amides is 1. The third-order valence-electron chi connectivity index (χ3n) is 4.38. The van der Waals surface area contributed by atoms with E-state index in [1.54, 1.807) is 0 Å². The fraction of sp³-hybridized carbons (Fsp3) is 0.786. The van der Waals surface area contributed by atoms with Crippen LogP contribution in [0.25, 0.3) is 0 Å². The van der Waals surface area contributed by atoms with Crippen molar-refractivity contribution in [3.63, 3.8) is 0 Å². The highest BCUT2D eigenvalue weighted by Crippen LogP contribution is 2.16. The molecule has 2 aliphatic heterocycles. The molecule has 1 aromatic rings. The van der Waals surface area contributed by atoms with E-state index in [-0.39, 0.29) is 5.92 Å². The van der Waals surface area contributed by atoms with Gasteiger partial charge >= 0.3 is 0 Å². The van der Waals surface area contributed by atoms with Crippen LogP contribution in [0.15, 0.2) is 0 Å². The van der Waals surface area contributed by atoms with Gasteiger partial charge in [0, 0.05) is 32.1 Å². The molecule has 3 rings (SSSR count). The van der Waals surface area contributed by atoms with E-state index < -0.39 is 0 Å². The van der Waals surface area contributed by atoms with E-state index in [1.165, 1.54) is 0 Å². The Kier molecular flexibility index (Phi) is 4.50. The van der Waals surface area contributed by atoms with Crippen LogP contribution < -0.4 is 5.32 Å². The maximum absolute atomic E-state index is 12.5. The summed E-state index contributed by atoms with van der Waals surface area (Å²) in [4.78, 5) is 21.2. The third-order valence-corrected chi connectivity index (χ3v) is 4.38. The summed E-state index contributed by atoms with van der Waals surface area (Å²) in [5.74, 6) is 2.27. The van der Waals surface area contributed by atoms with Gasteiger partial charge < -0.3 is 10.2 Å². The maximum atomic E-state index is 12.5. The zero-order valence-electron chi connectivity index (χ0n) is 12.6. The van der Waals surface area contributed by atoms with Crippen molar-refractivity contribution in [3.05, 3.63) is 11.6 Å². The summed E-state index contributed by atoms with van der Waals surface area (Å²) in [6.07, 6.45) is 1.96. The Balaban J connectivity index is 1.47. The number of hydrogen-bond acceptors (Lipinski definition) is 5. The Hall–Kier alpha value is -1.47. The van der Waals surface area contributed by atoms with Crippen LogP contribution in [-0.2, 0) is 11.3 Å². The van der Waals surface area contributed by atoms with Crippen molar-refractivity contribution in [2.24, 2.45) is 5.92 Å². The normalized spacial score (nSPS) is 21.7. The molecule has 0 atom stereocenters. The van der Waals surface area contributed by atoms with Crippen molar-refractivity contribution in [3.8, 4) is 0 Å². The highest BCUT2D eigenvalue weighted by molar-refractivity contribution is 5.79. The molecule has 2 saturated heterocycles. The number of hydrogen-bond donors (Lipinski definition) is 2. The molecule has 7 nitrogen and oxygen atoms in total. The molecule has 2 aliphatic rings. The number of nitrogens with zero attached hydrogens (tertiary/aromatic N) is 4. The fourth-order valence-electron chi connectivity index (χ4n) is 3.11. The van der Waals surface area contributed by atoms with Crippen molar-refractivity contribution in [1.29, 1.82) is 0 Å². The van der Waals surface area contributed by atoms with Crippen LogP contribution >= 0.6 is 0 Å². The van der Waals surface area contributed by atoms with Crippen molar-refractivity contribution in [1.82, 2.24) is 30.3 Å². The van der Waals surface area contributed by atoms with E-state index in [2.05, 4.69) is 25.4 Å². The first-order valence-corrected chi connectivity index (χ1v) is 7.82. The Morgan fingerprint density at radius 2 is 1.95 bits per heavy atom. The average molecular weight is 292 g/mol. The molecule has 0 unspecified atom stereocenters. The van der Waals surface area contributed by atoms with Crippen molar-refractivity contribution < 1.29 is 4.79 Å². The van der Waals surface area contributed by atoms with Gasteiger partial charge in [-0.1, -0.05) is 0 Å². The minimum absolute atomic E-state index is 0.230. The number of nitrogens with one attached hydrogen (secondary N) is 2. The third kappa shape index (κ3) is 3.59. The van der Waals surface area contributed by atoms with Gasteiger partial charge in [0.25, 0.3) is 0 Å². The Morgan fingerprint density at radius 1 is 1.24 bits per heavy atom. The lowest BCUT2D eigenvalue weighted by molar-refractivity contribution is -0.138. The number of carbonyl (C=O) groups is 1. The lowest BCUT2D eigenvalue weighted by Gasteiger charge is -2.36. The molecule has 0 bridgehead atoms. The number of aryl methyl sites for hydroxylation is 1. The van der Waals surface area contributed by atoms with E-state index in [4.69, 9.17) is 0 Å². The van der Waals surface area contributed by atoms with Gasteiger partial charge in [-0.2, -0.15) is 5.10 Å². The summed E-state index contributed by atoms with van der Waals surface area (Å²) < 4.78 is 0. The van der Waals surface area contributed by atoms with Gasteiger partial charge in [0.1, 0.15) is 5.82 Å². The standard InChI is InChI=1S/C14H24N6O/c1-11-16-13(18-17-11)10-19-6-8-20(9-7-19)14(21)12-2-4-15-5-3-12/h12,15H,2-10H2,1H3,(H,16,17,18). The quantitative estimate of drug-likeness (QED) is 0.804. The highest BCUT2D eigenvalue weighted by atomic mass is 16.2. The van der Waals surface area contributed by atoms with Crippen LogP contribution in [0.4, 0.5) is 0 Å². The van der Waals surface area contributed by atoms with E-state index in [0.717, 1.165) is 70.3 Å². The van der Waals surface area contributed by atoms with E-state index in [9.17, 15) is 4.79 Å². The maximum Gasteiger partial charge on any atom is 0.225 e. The summed E-state index contributed by atoms with van der Waals surface area (Å²) in [5.41, 5.74) is 0. The molecule has 21 heavy (non-hydrogen) atoms. The minimum Gasteiger partial charge on any atom is -0.340 e. The van der Waals surface area contributed by atoms with Crippen LogP contribution in [0.2, 0.25) is 0 Å². The molecule has 0 aromatic carbocycles. The molecule has 1 aromatic heterocycles. The van der Waals surface area contributed by atoms with E-state index >= 15 is 0 Å². The molecule has 1 amide bonds. The summed E-state index contributed by atoms with van der Waals surface area (Å²) in [5, 5.41) is 10.4. The number of rotatable bonds is 3. The molecule has 0 saturated carbocycles. The van der Waals surface area contributed by atoms with E-state index in [1.807, 2.05) is 11.8 Å². The molecule has 0 radical (unpaired) electrons. The number of H-pyrrole nitrogens is 1. The number of piperidine rings is 1. The molecule has 2 fully saturated rings. The van der Waals surface area contributed by atoms with Crippen molar-refractivity contribution >= 4 is 5.91 Å². The molecular weight excluding hydrogens is 268 g/mol. The SMILES string of the molecule is Cc1nc(CN2CCN(C(=O)C3CCNCC3)CC2)n[nH]1. The van der Waals surface area contributed by atoms with E-state index in [0.29, 0.717) is 5.91 Å². The van der Waals surface area contributed by atoms with Crippen LogP contribution in [0, 0.1) is 12.8 Å². The Morgan fingerprint density at radius 3 is 2.57 bits per heavy atom. The Bertz CT molecular complexity index is 474. The fourth-order valence-corrected chi connectivity index (χ4v) is 3.11. The summed E-state index contributed by atoms with van der Waals surface area (Å²) >= 11 is 0. The topological polar surface area (TPSA) is 77.2 Å². The smallest absolute Gasteiger partial charge is 0.225 e. The van der Waals surface area contributed by atoms with Gasteiger partial charge in [-0.3, -0.25) is 14.8 Å². The lowest BCUT2D eigenvalue weighted by Crippen LogP contribution is -2.51.